The highest BCUT2D eigenvalue weighted by molar-refractivity contribution is 9.10. The topological polar surface area (TPSA) is 70.1 Å². The average molecular weight is 389 g/mol. The van der Waals surface area contributed by atoms with Crippen molar-refractivity contribution in [1.82, 2.24) is 15.6 Å². The molecule has 0 unspecified atom stereocenters. The molecule has 3 rings (SSSR count). The lowest BCUT2D eigenvalue weighted by molar-refractivity contribution is 0.0950. The third-order valence-electron chi connectivity index (χ3n) is 3.07. The molecule has 2 N–H and O–H groups in total. The summed E-state index contributed by atoms with van der Waals surface area (Å²) in [4.78, 5) is 14.3. The molecule has 0 atom stereocenters. The number of amides is 1. The summed E-state index contributed by atoms with van der Waals surface area (Å²) in [5.41, 5.74) is 4.49. The number of halogens is 1. The van der Waals surface area contributed by atoms with Crippen LogP contribution >= 0.6 is 27.3 Å². The molecule has 5 nitrogen and oxygen atoms in total. The monoisotopic (exact) mass is 388 g/mol. The summed E-state index contributed by atoms with van der Waals surface area (Å²) in [5, 5.41) is 10.8. The van der Waals surface area contributed by atoms with Crippen molar-refractivity contribution in [2.45, 2.75) is 6.92 Å². The molecule has 0 saturated heterocycles. The van der Waals surface area contributed by atoms with Crippen molar-refractivity contribution in [3.8, 4) is 10.6 Å². The maximum Gasteiger partial charge on any atom is 0.291 e. The predicted molar refractivity (Wildman–Crippen MR) is 95.8 cm³/mol. The number of carbonyl (C=O) groups excluding carboxylic acids is 1. The van der Waals surface area contributed by atoms with Crippen molar-refractivity contribution in [2.24, 2.45) is 5.10 Å². The minimum Gasteiger partial charge on any atom is -0.276 e. The number of nitrogens with one attached hydrogen (secondary N) is 2. The molecule has 0 aliphatic carbocycles. The molecular formula is C16H13BrN4OS. The molecule has 0 aliphatic heterocycles. The Labute approximate surface area is 145 Å². The summed E-state index contributed by atoms with van der Waals surface area (Å²) in [6, 6.07) is 13.4. The van der Waals surface area contributed by atoms with E-state index in [1.54, 1.807) is 23.6 Å². The summed E-state index contributed by atoms with van der Waals surface area (Å²) in [5.74, 6) is -0.353. The van der Waals surface area contributed by atoms with E-state index in [2.05, 4.69) is 36.7 Å². The molecule has 0 spiro atoms. The number of aromatic nitrogens is 2. The van der Waals surface area contributed by atoms with Crippen LogP contribution in [0.5, 0.6) is 0 Å². The number of aryl methyl sites for hydroxylation is 1. The number of aromatic amines is 1. The Balaban J connectivity index is 1.64. The van der Waals surface area contributed by atoms with E-state index in [-0.39, 0.29) is 5.91 Å². The van der Waals surface area contributed by atoms with E-state index in [0.29, 0.717) is 5.69 Å². The summed E-state index contributed by atoms with van der Waals surface area (Å²) >= 11 is 5.01. The van der Waals surface area contributed by atoms with E-state index in [4.69, 9.17) is 0 Å². The fraction of sp³-hybridized carbons (Fsp3) is 0.0625. The largest absolute Gasteiger partial charge is 0.291 e. The van der Waals surface area contributed by atoms with Crippen LogP contribution < -0.4 is 5.43 Å². The predicted octanol–water partition coefficient (Wildman–Crippen LogP) is 3.97. The number of carbonyl (C=O) groups is 1. The first-order valence-electron chi connectivity index (χ1n) is 6.83. The molecule has 3 aromatic rings. The van der Waals surface area contributed by atoms with Crippen LogP contribution in [-0.4, -0.2) is 22.3 Å². The molecule has 0 saturated carbocycles. The van der Waals surface area contributed by atoms with E-state index < -0.39 is 0 Å². The normalized spacial score (nSPS) is 11.0. The van der Waals surface area contributed by atoms with Gasteiger partial charge in [-0.3, -0.25) is 9.89 Å². The van der Waals surface area contributed by atoms with E-state index in [9.17, 15) is 4.79 Å². The van der Waals surface area contributed by atoms with Crippen molar-refractivity contribution in [3.63, 3.8) is 0 Å². The number of H-pyrrole nitrogens is 1. The first-order chi connectivity index (χ1) is 11.1. The van der Waals surface area contributed by atoms with Crippen LogP contribution in [0.1, 0.15) is 20.9 Å². The number of benzene rings is 1. The lowest BCUT2D eigenvalue weighted by Crippen LogP contribution is -2.17. The fourth-order valence-corrected chi connectivity index (χ4v) is 3.01. The molecular weight excluding hydrogens is 376 g/mol. The number of thiophene rings is 1. The number of nitrogens with zero attached hydrogens (tertiary/aromatic N) is 2. The lowest BCUT2D eigenvalue weighted by Gasteiger charge is -1.95. The van der Waals surface area contributed by atoms with Crippen LogP contribution in [0, 0.1) is 6.92 Å². The second-order valence-electron chi connectivity index (χ2n) is 4.83. The molecule has 2 aromatic heterocycles. The molecule has 23 heavy (non-hydrogen) atoms. The van der Waals surface area contributed by atoms with Gasteiger partial charge in [0, 0.05) is 9.35 Å². The SMILES string of the molecule is Cc1ccc(-c2cc(C(=O)N/N=C\c3ccc(Br)cc3)n[nH]2)s1. The van der Waals surface area contributed by atoms with Crippen molar-refractivity contribution >= 4 is 39.4 Å². The van der Waals surface area contributed by atoms with Gasteiger partial charge < -0.3 is 0 Å². The minimum absolute atomic E-state index is 0.305. The zero-order valence-corrected chi connectivity index (χ0v) is 14.6. The van der Waals surface area contributed by atoms with Gasteiger partial charge in [-0.1, -0.05) is 28.1 Å². The Kier molecular flexibility index (Phi) is 4.68. The van der Waals surface area contributed by atoms with Crippen LogP contribution in [0.3, 0.4) is 0 Å². The minimum atomic E-state index is -0.353. The number of hydrogen-bond acceptors (Lipinski definition) is 4. The Morgan fingerprint density at radius 1 is 1.30 bits per heavy atom. The second kappa shape index (κ2) is 6.89. The van der Waals surface area contributed by atoms with Gasteiger partial charge in [-0.05, 0) is 42.8 Å². The molecule has 0 fully saturated rings. The Morgan fingerprint density at radius 2 is 2.09 bits per heavy atom. The first-order valence-corrected chi connectivity index (χ1v) is 8.44. The third kappa shape index (κ3) is 3.94. The summed E-state index contributed by atoms with van der Waals surface area (Å²) in [6.07, 6.45) is 1.58. The van der Waals surface area contributed by atoms with Gasteiger partial charge in [0.1, 0.15) is 0 Å². The zero-order valence-electron chi connectivity index (χ0n) is 12.2. The molecule has 7 heteroatoms. The lowest BCUT2D eigenvalue weighted by atomic mass is 10.2. The highest BCUT2D eigenvalue weighted by Gasteiger charge is 2.11. The van der Waals surface area contributed by atoms with Gasteiger partial charge in [-0.25, -0.2) is 5.43 Å². The van der Waals surface area contributed by atoms with E-state index in [1.807, 2.05) is 43.3 Å². The smallest absolute Gasteiger partial charge is 0.276 e. The fourth-order valence-electron chi connectivity index (χ4n) is 1.92. The molecule has 0 radical (unpaired) electrons. The molecule has 2 heterocycles. The summed E-state index contributed by atoms with van der Waals surface area (Å²) in [7, 11) is 0. The molecule has 0 bridgehead atoms. The molecule has 1 aromatic carbocycles. The molecule has 0 aliphatic rings. The van der Waals surface area contributed by atoms with Gasteiger partial charge in [-0.2, -0.15) is 10.2 Å². The molecule has 1 amide bonds. The quantitative estimate of drug-likeness (QED) is 0.524. The van der Waals surface area contributed by atoms with E-state index in [1.165, 1.54) is 4.88 Å². The van der Waals surface area contributed by atoms with Crippen LogP contribution in [0.2, 0.25) is 0 Å². The van der Waals surface area contributed by atoms with Crippen LogP contribution in [-0.2, 0) is 0 Å². The second-order valence-corrected chi connectivity index (χ2v) is 7.03. The van der Waals surface area contributed by atoms with Gasteiger partial charge in [0.15, 0.2) is 5.69 Å². The van der Waals surface area contributed by atoms with Crippen LogP contribution in [0.15, 0.2) is 52.0 Å². The highest BCUT2D eigenvalue weighted by atomic mass is 79.9. The van der Waals surface area contributed by atoms with Crippen molar-refractivity contribution in [2.75, 3.05) is 0 Å². The van der Waals surface area contributed by atoms with E-state index in [0.717, 1.165) is 20.6 Å². The maximum atomic E-state index is 12.0. The summed E-state index contributed by atoms with van der Waals surface area (Å²) in [6.45, 7) is 2.04. The standard InChI is InChI=1S/C16H13BrN4OS/c1-10-2-7-15(23-10)13-8-14(20-19-13)16(22)21-18-9-11-3-5-12(17)6-4-11/h2-9H,1H3,(H,19,20)(H,21,22)/b18-9-. The van der Waals surface area contributed by atoms with Crippen molar-refractivity contribution in [1.29, 1.82) is 0 Å². The number of hydrazone groups is 1. The van der Waals surface area contributed by atoms with Gasteiger partial charge in [0.2, 0.25) is 0 Å². The number of rotatable bonds is 4. The molecule has 116 valence electrons. The third-order valence-corrected chi connectivity index (χ3v) is 4.63. The zero-order chi connectivity index (χ0) is 16.2. The Bertz CT molecular complexity index is 851. The van der Waals surface area contributed by atoms with Crippen molar-refractivity contribution < 1.29 is 4.79 Å². The Hall–Kier alpha value is -2.25. The van der Waals surface area contributed by atoms with Crippen molar-refractivity contribution in [3.05, 3.63) is 63.1 Å². The van der Waals surface area contributed by atoms with Crippen LogP contribution in [0.4, 0.5) is 0 Å². The Morgan fingerprint density at radius 3 is 2.78 bits per heavy atom. The van der Waals surface area contributed by atoms with E-state index >= 15 is 0 Å². The van der Waals surface area contributed by atoms with Crippen LogP contribution in [0.25, 0.3) is 10.6 Å². The first kappa shape index (κ1) is 15.6. The van der Waals surface area contributed by atoms with Gasteiger partial charge >= 0.3 is 0 Å². The maximum absolute atomic E-state index is 12.0. The van der Waals surface area contributed by atoms with Gasteiger partial charge in [0.25, 0.3) is 5.91 Å². The van der Waals surface area contributed by atoms with Gasteiger partial charge in [-0.15, -0.1) is 11.3 Å². The summed E-state index contributed by atoms with van der Waals surface area (Å²) < 4.78 is 0.992. The van der Waals surface area contributed by atoms with Gasteiger partial charge in [0.05, 0.1) is 16.8 Å². The number of hydrogen-bond donors (Lipinski definition) is 2. The average Bonchev–Trinajstić information content (AvgIpc) is 3.18. The highest BCUT2D eigenvalue weighted by Crippen LogP contribution is 2.26.